The Bertz CT molecular complexity index is 1740. The number of benzene rings is 2. The van der Waals surface area contributed by atoms with Gasteiger partial charge in [-0.15, -0.1) is 0 Å². The summed E-state index contributed by atoms with van der Waals surface area (Å²) in [4.78, 5) is 52.8. The van der Waals surface area contributed by atoms with Crippen LogP contribution in [-0.2, 0) is 22.4 Å². The number of aliphatic carboxylic acids is 2. The van der Waals surface area contributed by atoms with Gasteiger partial charge in [-0.3, -0.25) is 9.59 Å². The molecule has 2 aliphatic rings. The first-order valence-electron chi connectivity index (χ1n) is 19.2. The molecule has 0 radical (unpaired) electrons. The molecule has 2 fully saturated rings. The molecule has 2 unspecified atom stereocenters. The van der Waals surface area contributed by atoms with Crippen molar-refractivity contribution >= 4 is 24.0 Å². The van der Waals surface area contributed by atoms with Crippen LogP contribution in [0.1, 0.15) is 76.3 Å². The van der Waals surface area contributed by atoms with E-state index in [1.807, 2.05) is 86.7 Å². The molecular formula is C44H56N4O8. The quantitative estimate of drug-likeness (QED) is 0.101. The van der Waals surface area contributed by atoms with Crippen molar-refractivity contribution in [1.82, 2.24) is 19.6 Å². The van der Waals surface area contributed by atoms with E-state index in [4.69, 9.17) is 10.2 Å². The second kappa shape index (κ2) is 24.1. The van der Waals surface area contributed by atoms with Crippen LogP contribution in [0, 0.1) is 23.9 Å². The number of hydrogen-bond donors (Lipinski definition) is 4. The summed E-state index contributed by atoms with van der Waals surface area (Å²) in [5, 5.41) is 37.9. The maximum absolute atomic E-state index is 12.8. The third-order valence-electron chi connectivity index (χ3n) is 9.17. The maximum atomic E-state index is 12.8. The topological polar surface area (TPSA) is 162 Å². The van der Waals surface area contributed by atoms with Crippen molar-refractivity contribution in [3.63, 3.8) is 0 Å². The fourth-order valence-electron chi connectivity index (χ4n) is 6.06. The molecule has 4 rings (SSSR count). The molecule has 0 aromatic heterocycles. The van der Waals surface area contributed by atoms with Crippen LogP contribution in [0.3, 0.4) is 0 Å². The monoisotopic (exact) mass is 768 g/mol. The average molecular weight is 769 g/mol. The van der Waals surface area contributed by atoms with Crippen molar-refractivity contribution in [2.75, 3.05) is 20.1 Å². The summed E-state index contributed by atoms with van der Waals surface area (Å²) in [6, 6.07) is 24.6. The molecule has 2 aromatic rings. The SMILES string of the molecule is CC(C)N1CC[C@H](/C=C/C(O)Cc2ccccc2)N(C#CCCCC(=O)O)C1=O.CN1CC[C@H](/C=C/C(O)Cc2ccccc2)N(C#CCCCC(=O)O)C1=O. The lowest BCUT2D eigenvalue weighted by Gasteiger charge is -2.39. The minimum atomic E-state index is -0.848. The van der Waals surface area contributed by atoms with Gasteiger partial charge in [0.1, 0.15) is 0 Å². The highest BCUT2D eigenvalue weighted by Gasteiger charge is 2.33. The Morgan fingerprint density at radius 1 is 0.714 bits per heavy atom. The molecule has 56 heavy (non-hydrogen) atoms. The highest BCUT2D eigenvalue weighted by Crippen LogP contribution is 2.20. The van der Waals surface area contributed by atoms with Gasteiger partial charge in [-0.25, -0.2) is 19.4 Å². The van der Waals surface area contributed by atoms with Gasteiger partial charge in [0.15, 0.2) is 0 Å². The predicted octanol–water partition coefficient (Wildman–Crippen LogP) is 5.75. The van der Waals surface area contributed by atoms with Crippen LogP contribution in [0.25, 0.3) is 0 Å². The van der Waals surface area contributed by atoms with Gasteiger partial charge in [-0.1, -0.05) is 96.8 Å². The van der Waals surface area contributed by atoms with Crippen LogP contribution in [0.4, 0.5) is 9.59 Å². The van der Waals surface area contributed by atoms with Crippen LogP contribution >= 0.6 is 0 Å². The first kappa shape index (κ1) is 44.8. The van der Waals surface area contributed by atoms with E-state index in [1.165, 1.54) is 9.80 Å². The van der Waals surface area contributed by atoms with Crippen molar-refractivity contribution in [2.24, 2.45) is 0 Å². The van der Waals surface area contributed by atoms with E-state index < -0.39 is 24.1 Å². The summed E-state index contributed by atoms with van der Waals surface area (Å²) in [7, 11) is 1.73. The largest absolute Gasteiger partial charge is 0.481 e. The highest BCUT2D eigenvalue weighted by atomic mass is 16.4. The van der Waals surface area contributed by atoms with Gasteiger partial charge in [-0.05, 0) is 50.7 Å². The summed E-state index contributed by atoms with van der Waals surface area (Å²) in [6.45, 7) is 5.20. The van der Waals surface area contributed by atoms with Crippen molar-refractivity contribution < 1.29 is 39.6 Å². The third kappa shape index (κ3) is 16.0. The molecule has 0 aliphatic carbocycles. The van der Waals surface area contributed by atoms with Crippen LogP contribution in [0.2, 0.25) is 0 Å². The van der Waals surface area contributed by atoms with Gasteiger partial charge in [0.25, 0.3) is 0 Å². The number of aliphatic hydroxyl groups excluding tert-OH is 2. The van der Waals surface area contributed by atoms with E-state index >= 15 is 0 Å². The smallest absolute Gasteiger partial charge is 0.332 e. The second-order valence-corrected chi connectivity index (χ2v) is 14.1. The van der Waals surface area contributed by atoms with Crippen molar-refractivity contribution in [3.05, 3.63) is 96.1 Å². The van der Waals surface area contributed by atoms with E-state index in [0.29, 0.717) is 51.6 Å². The first-order chi connectivity index (χ1) is 26.8. The molecule has 4 N–H and O–H groups in total. The molecule has 2 aromatic carbocycles. The molecule has 2 saturated heterocycles. The van der Waals surface area contributed by atoms with Crippen LogP contribution in [0.5, 0.6) is 0 Å². The van der Waals surface area contributed by atoms with E-state index in [0.717, 1.165) is 24.0 Å². The van der Waals surface area contributed by atoms with Crippen LogP contribution in [-0.4, -0.2) is 114 Å². The standard InChI is InChI=1S/C23H30N2O4.C21H26N2O4/c1-18(2)24-16-14-20(12-13-21(26)17-19-9-5-3-6-10-19)25(23(24)29)15-8-4-7-11-22(27)28;1-22-15-13-18(11-12-19(24)16-17-8-4-2-5-9-17)23(21(22)27)14-7-3-6-10-20(25)26/h3,5-6,9-10,12-13,18,20-21,26H,4,7,11,14,16-17H2,1-2H3,(H,27,28);2,4-5,8-9,11-12,18-19,24H,3,6,10,13,15-16H2,1H3,(H,25,26)/b13-12+;12-11+/t20-,21?;18-,19?/m00/s1. The second-order valence-electron chi connectivity index (χ2n) is 14.1. The van der Waals surface area contributed by atoms with Gasteiger partial charge >= 0.3 is 24.0 Å². The molecule has 300 valence electrons. The highest BCUT2D eigenvalue weighted by molar-refractivity contribution is 5.78. The Balaban J connectivity index is 0.000000301. The Kier molecular flexibility index (Phi) is 19.3. The summed E-state index contributed by atoms with van der Waals surface area (Å²) in [5.41, 5.74) is 2.09. The summed E-state index contributed by atoms with van der Waals surface area (Å²) in [5.74, 6) is 4.12. The number of carboxylic acid groups (broad SMARTS) is 2. The number of nitrogens with zero attached hydrogens (tertiary/aromatic N) is 4. The Labute approximate surface area is 331 Å². The summed E-state index contributed by atoms with van der Waals surface area (Å²) >= 11 is 0. The van der Waals surface area contributed by atoms with E-state index in [2.05, 4.69) is 23.9 Å². The molecule has 0 spiro atoms. The van der Waals surface area contributed by atoms with Gasteiger partial charge in [0.05, 0.1) is 24.3 Å². The fraction of sp³-hybridized carbons (Fsp3) is 0.455. The van der Waals surface area contributed by atoms with E-state index in [9.17, 15) is 29.4 Å². The Hall–Kier alpha value is -5.56. The molecule has 12 nitrogen and oxygen atoms in total. The number of rotatable bonds is 15. The zero-order valence-electron chi connectivity index (χ0n) is 32.7. The lowest BCUT2D eigenvalue weighted by molar-refractivity contribution is -0.138. The number of unbranched alkanes of at least 4 members (excludes halogenated alkanes) is 2. The van der Waals surface area contributed by atoms with Crippen LogP contribution in [0.15, 0.2) is 85.0 Å². The number of hydrogen-bond acceptors (Lipinski definition) is 6. The van der Waals surface area contributed by atoms with Crippen LogP contribution < -0.4 is 0 Å². The zero-order chi connectivity index (χ0) is 40.9. The van der Waals surface area contributed by atoms with Gasteiger partial charge in [0, 0.05) is 76.8 Å². The molecule has 12 heteroatoms. The third-order valence-corrected chi connectivity index (χ3v) is 9.17. The van der Waals surface area contributed by atoms with Gasteiger partial charge in [0.2, 0.25) is 0 Å². The van der Waals surface area contributed by atoms with Crippen molar-refractivity contribution in [3.8, 4) is 23.9 Å². The number of urea groups is 2. The summed E-state index contributed by atoms with van der Waals surface area (Å²) in [6.07, 6.45) is 10.2. The maximum Gasteiger partial charge on any atom is 0.332 e. The van der Waals surface area contributed by atoms with Crippen molar-refractivity contribution in [1.29, 1.82) is 0 Å². The molecule has 2 aliphatic heterocycles. The minimum absolute atomic E-state index is 0.0652. The predicted molar refractivity (Wildman–Crippen MR) is 215 cm³/mol. The van der Waals surface area contributed by atoms with Crippen molar-refractivity contribution in [2.45, 2.75) is 108 Å². The normalized spacial score (nSPS) is 18.2. The lowest BCUT2D eigenvalue weighted by Crippen LogP contribution is -2.53. The minimum Gasteiger partial charge on any atom is -0.481 e. The zero-order valence-corrected chi connectivity index (χ0v) is 32.7. The molecule has 0 saturated carbocycles. The number of aliphatic hydroxyl groups is 2. The Morgan fingerprint density at radius 2 is 1.14 bits per heavy atom. The van der Waals surface area contributed by atoms with Gasteiger partial charge < -0.3 is 30.2 Å². The number of carbonyl (C=O) groups excluding carboxylic acids is 2. The number of carbonyl (C=O) groups is 4. The molecule has 2 heterocycles. The molecule has 0 bridgehead atoms. The molecule has 4 amide bonds. The first-order valence-corrected chi connectivity index (χ1v) is 19.2. The molecule has 4 atom stereocenters. The van der Waals surface area contributed by atoms with E-state index in [1.54, 1.807) is 29.0 Å². The Morgan fingerprint density at radius 3 is 1.57 bits per heavy atom. The van der Waals surface area contributed by atoms with Gasteiger partial charge in [-0.2, -0.15) is 0 Å². The fourth-order valence-corrected chi connectivity index (χ4v) is 6.06. The number of carboxylic acids is 2. The van der Waals surface area contributed by atoms with E-state index in [-0.39, 0.29) is 43.0 Å². The lowest BCUT2D eigenvalue weighted by atomic mass is 10.0. The molecular weight excluding hydrogens is 713 g/mol. The summed E-state index contributed by atoms with van der Waals surface area (Å²) < 4.78 is 0. The average Bonchev–Trinajstić information content (AvgIpc) is 3.16. The number of amides is 4.